The van der Waals surface area contributed by atoms with Gasteiger partial charge in [0.05, 0.1) is 15.8 Å². The van der Waals surface area contributed by atoms with Crippen LogP contribution in [0.5, 0.6) is 0 Å². The van der Waals surface area contributed by atoms with Crippen LogP contribution < -0.4 is 11.1 Å². The van der Waals surface area contributed by atoms with Crippen molar-refractivity contribution in [2.24, 2.45) is 0 Å². The third-order valence-corrected chi connectivity index (χ3v) is 3.73. The first-order valence-corrected chi connectivity index (χ1v) is 6.93. The van der Waals surface area contributed by atoms with E-state index in [1.807, 2.05) is 42.5 Å². The van der Waals surface area contributed by atoms with Gasteiger partial charge < -0.3 is 11.1 Å². The minimum atomic E-state index is -0.345. The van der Waals surface area contributed by atoms with Gasteiger partial charge in [-0.15, -0.1) is 0 Å². The highest BCUT2D eigenvalue weighted by atomic mass is 79.9. The van der Waals surface area contributed by atoms with E-state index in [0.29, 0.717) is 15.8 Å². The molecular weight excluding hydrogens is 319 g/mol. The van der Waals surface area contributed by atoms with Gasteiger partial charge in [0.15, 0.2) is 0 Å². The second kappa shape index (κ2) is 5.13. The number of nitrogens with one attached hydrogen (secondary N) is 1. The first-order valence-electron chi connectivity index (χ1n) is 6.14. The molecule has 2 nitrogen and oxygen atoms in total. The van der Waals surface area contributed by atoms with E-state index in [2.05, 4.69) is 21.2 Å². The Morgan fingerprint density at radius 2 is 1.70 bits per heavy atom. The maximum absolute atomic E-state index is 13.6. The van der Waals surface area contributed by atoms with Crippen LogP contribution in [0.15, 0.2) is 59.1 Å². The van der Waals surface area contributed by atoms with Crippen LogP contribution in [0.4, 0.5) is 21.5 Å². The Balaban J connectivity index is 1.99. The van der Waals surface area contributed by atoms with Crippen LogP contribution in [0.2, 0.25) is 0 Å². The van der Waals surface area contributed by atoms with E-state index in [4.69, 9.17) is 5.73 Å². The van der Waals surface area contributed by atoms with E-state index in [1.165, 1.54) is 6.07 Å². The summed E-state index contributed by atoms with van der Waals surface area (Å²) >= 11 is 3.12. The molecule has 0 spiro atoms. The Morgan fingerprint density at radius 1 is 0.950 bits per heavy atom. The average Bonchev–Trinajstić information content (AvgIpc) is 2.44. The molecule has 0 saturated carbocycles. The molecule has 0 aliphatic rings. The summed E-state index contributed by atoms with van der Waals surface area (Å²) in [6.07, 6.45) is 0. The van der Waals surface area contributed by atoms with Crippen LogP contribution in [0.25, 0.3) is 10.8 Å². The lowest BCUT2D eigenvalue weighted by molar-refractivity contribution is 0.622. The lowest BCUT2D eigenvalue weighted by Gasteiger charge is -2.11. The molecule has 20 heavy (non-hydrogen) atoms. The summed E-state index contributed by atoms with van der Waals surface area (Å²) in [5, 5.41) is 5.43. The number of hydrogen-bond acceptors (Lipinski definition) is 2. The van der Waals surface area contributed by atoms with Gasteiger partial charge in [0.2, 0.25) is 0 Å². The normalized spacial score (nSPS) is 10.7. The molecule has 0 aromatic heterocycles. The van der Waals surface area contributed by atoms with Crippen molar-refractivity contribution in [1.82, 2.24) is 0 Å². The Hall–Kier alpha value is -2.07. The molecule has 0 amide bonds. The molecule has 100 valence electrons. The molecule has 0 unspecified atom stereocenters. The lowest BCUT2D eigenvalue weighted by Crippen LogP contribution is -1.97. The predicted molar refractivity (Wildman–Crippen MR) is 85.7 cm³/mol. The fourth-order valence-corrected chi connectivity index (χ4v) is 2.45. The molecule has 3 rings (SSSR count). The van der Waals surface area contributed by atoms with Gasteiger partial charge in [-0.3, -0.25) is 0 Å². The van der Waals surface area contributed by atoms with Crippen molar-refractivity contribution in [2.75, 3.05) is 11.1 Å². The summed E-state index contributed by atoms with van der Waals surface area (Å²) in [6, 6.07) is 17.0. The molecule has 0 radical (unpaired) electrons. The monoisotopic (exact) mass is 330 g/mol. The van der Waals surface area contributed by atoms with E-state index in [9.17, 15) is 4.39 Å². The SMILES string of the molecule is Nc1cc(Br)c(F)cc1Nc1ccc2ccccc2c1. The highest BCUT2D eigenvalue weighted by Crippen LogP contribution is 2.30. The van der Waals surface area contributed by atoms with E-state index in [1.54, 1.807) is 6.07 Å². The lowest BCUT2D eigenvalue weighted by atomic mass is 10.1. The number of benzene rings is 3. The molecule has 0 saturated heterocycles. The minimum Gasteiger partial charge on any atom is -0.397 e. The van der Waals surface area contributed by atoms with Crippen LogP contribution >= 0.6 is 15.9 Å². The molecule has 0 aliphatic carbocycles. The number of nitrogens with two attached hydrogens (primary N) is 1. The van der Waals surface area contributed by atoms with Crippen molar-refractivity contribution in [2.45, 2.75) is 0 Å². The van der Waals surface area contributed by atoms with Crippen molar-refractivity contribution < 1.29 is 4.39 Å². The molecular formula is C16H12BrFN2. The smallest absolute Gasteiger partial charge is 0.139 e. The number of anilines is 3. The zero-order valence-corrected chi connectivity index (χ0v) is 12.1. The topological polar surface area (TPSA) is 38.0 Å². The Bertz CT molecular complexity index is 787. The van der Waals surface area contributed by atoms with Crippen molar-refractivity contribution in [3.63, 3.8) is 0 Å². The van der Waals surface area contributed by atoms with Gasteiger partial charge in [0.1, 0.15) is 5.82 Å². The number of fused-ring (bicyclic) bond motifs is 1. The van der Waals surface area contributed by atoms with Gasteiger partial charge in [0.25, 0.3) is 0 Å². The van der Waals surface area contributed by atoms with E-state index >= 15 is 0 Å². The third kappa shape index (κ3) is 2.47. The first kappa shape index (κ1) is 12.9. The van der Waals surface area contributed by atoms with Crippen molar-refractivity contribution >= 4 is 43.8 Å². The van der Waals surface area contributed by atoms with Gasteiger partial charge >= 0.3 is 0 Å². The zero-order chi connectivity index (χ0) is 14.1. The molecule has 3 aromatic carbocycles. The highest BCUT2D eigenvalue weighted by molar-refractivity contribution is 9.10. The average molecular weight is 331 g/mol. The molecule has 0 bridgehead atoms. The maximum atomic E-state index is 13.6. The highest BCUT2D eigenvalue weighted by Gasteiger charge is 2.06. The van der Waals surface area contributed by atoms with Crippen LogP contribution in [0.1, 0.15) is 0 Å². The van der Waals surface area contributed by atoms with Gasteiger partial charge in [-0.25, -0.2) is 4.39 Å². The zero-order valence-electron chi connectivity index (χ0n) is 10.5. The van der Waals surface area contributed by atoms with Gasteiger partial charge in [-0.1, -0.05) is 30.3 Å². The van der Waals surface area contributed by atoms with Crippen LogP contribution in [-0.4, -0.2) is 0 Å². The molecule has 0 atom stereocenters. The second-order valence-electron chi connectivity index (χ2n) is 4.54. The first-order chi connectivity index (χ1) is 9.63. The van der Waals surface area contributed by atoms with Crippen LogP contribution in [-0.2, 0) is 0 Å². The van der Waals surface area contributed by atoms with E-state index in [-0.39, 0.29) is 5.82 Å². The summed E-state index contributed by atoms with van der Waals surface area (Å²) < 4.78 is 13.9. The number of halogens is 2. The third-order valence-electron chi connectivity index (χ3n) is 3.12. The molecule has 3 aromatic rings. The number of nitrogen functional groups attached to an aromatic ring is 1. The Labute approximate surface area is 124 Å². The van der Waals surface area contributed by atoms with E-state index < -0.39 is 0 Å². The van der Waals surface area contributed by atoms with Crippen molar-refractivity contribution in [3.05, 3.63) is 64.9 Å². The molecule has 3 N–H and O–H groups in total. The maximum Gasteiger partial charge on any atom is 0.139 e. The molecule has 0 fully saturated rings. The van der Waals surface area contributed by atoms with Crippen LogP contribution in [0.3, 0.4) is 0 Å². The van der Waals surface area contributed by atoms with Gasteiger partial charge in [0, 0.05) is 11.8 Å². The van der Waals surface area contributed by atoms with Crippen molar-refractivity contribution in [3.8, 4) is 0 Å². The summed E-state index contributed by atoms with van der Waals surface area (Å²) in [4.78, 5) is 0. The molecule has 0 heterocycles. The predicted octanol–water partition coefficient (Wildman–Crippen LogP) is 5.07. The van der Waals surface area contributed by atoms with Crippen LogP contribution in [0, 0.1) is 5.82 Å². The molecule has 4 heteroatoms. The van der Waals surface area contributed by atoms with E-state index in [0.717, 1.165) is 16.5 Å². The fraction of sp³-hybridized carbons (Fsp3) is 0. The number of hydrogen-bond donors (Lipinski definition) is 2. The number of rotatable bonds is 2. The van der Waals surface area contributed by atoms with Gasteiger partial charge in [-0.2, -0.15) is 0 Å². The standard InChI is InChI=1S/C16H12BrFN2/c17-13-8-15(19)16(9-14(13)18)20-12-6-5-10-3-1-2-4-11(10)7-12/h1-9,20H,19H2. The summed E-state index contributed by atoms with van der Waals surface area (Å²) in [5.74, 6) is -0.345. The second-order valence-corrected chi connectivity index (χ2v) is 5.39. The quantitative estimate of drug-likeness (QED) is 0.644. The fourth-order valence-electron chi connectivity index (χ4n) is 2.09. The summed E-state index contributed by atoms with van der Waals surface area (Å²) in [5.41, 5.74) is 7.81. The molecule has 0 aliphatic heterocycles. The Kier molecular flexibility index (Phi) is 3.32. The van der Waals surface area contributed by atoms with Crippen molar-refractivity contribution in [1.29, 1.82) is 0 Å². The largest absolute Gasteiger partial charge is 0.397 e. The minimum absolute atomic E-state index is 0.345. The van der Waals surface area contributed by atoms with Gasteiger partial charge in [-0.05, 0) is 44.9 Å². The summed E-state index contributed by atoms with van der Waals surface area (Å²) in [6.45, 7) is 0. The Morgan fingerprint density at radius 3 is 2.50 bits per heavy atom. The summed E-state index contributed by atoms with van der Waals surface area (Å²) in [7, 11) is 0.